The summed E-state index contributed by atoms with van der Waals surface area (Å²) >= 11 is 0. The van der Waals surface area contributed by atoms with Crippen LogP contribution in [0.5, 0.6) is 0 Å². The standard InChI is InChI=1S/C16H31N5/c1-6-13(4)14-9-21(10-15-18-12-19-20(15)5)16(7-2,8-3)11-17-14/h12-14,17H,6-11H2,1-5H3. The fraction of sp³-hybridized carbons (Fsp3) is 0.875. The molecule has 2 rings (SSSR count). The van der Waals surface area contributed by atoms with Crippen LogP contribution in [0.25, 0.3) is 0 Å². The number of aryl methyl sites for hydroxylation is 1. The van der Waals surface area contributed by atoms with Crippen LogP contribution in [0.15, 0.2) is 6.33 Å². The molecule has 1 aromatic heterocycles. The lowest BCUT2D eigenvalue weighted by Gasteiger charge is -2.50. The second-order valence-corrected chi connectivity index (χ2v) is 6.48. The maximum Gasteiger partial charge on any atom is 0.140 e. The van der Waals surface area contributed by atoms with E-state index in [0.717, 1.165) is 25.5 Å². The lowest BCUT2D eigenvalue weighted by molar-refractivity contribution is 0.0109. The largest absolute Gasteiger partial charge is 0.311 e. The molecular formula is C16H31N5. The Labute approximate surface area is 129 Å². The van der Waals surface area contributed by atoms with E-state index in [1.165, 1.54) is 19.3 Å². The van der Waals surface area contributed by atoms with Crippen LogP contribution in [0.2, 0.25) is 0 Å². The molecule has 1 aliphatic rings. The van der Waals surface area contributed by atoms with Gasteiger partial charge in [-0.3, -0.25) is 9.58 Å². The highest BCUT2D eigenvalue weighted by Crippen LogP contribution is 2.30. The molecule has 0 aromatic carbocycles. The normalized spacial score (nSPS) is 24.1. The molecule has 0 saturated carbocycles. The number of aromatic nitrogens is 3. The predicted octanol–water partition coefficient (Wildman–Crippen LogP) is 2.19. The fourth-order valence-corrected chi connectivity index (χ4v) is 3.41. The van der Waals surface area contributed by atoms with Crippen LogP contribution in [-0.2, 0) is 13.6 Å². The molecule has 1 fully saturated rings. The molecule has 0 aliphatic carbocycles. The Morgan fingerprint density at radius 1 is 1.38 bits per heavy atom. The van der Waals surface area contributed by atoms with Gasteiger partial charge in [-0.1, -0.05) is 34.1 Å². The van der Waals surface area contributed by atoms with Crippen molar-refractivity contribution in [3.8, 4) is 0 Å². The van der Waals surface area contributed by atoms with Gasteiger partial charge in [-0.2, -0.15) is 5.10 Å². The van der Waals surface area contributed by atoms with Gasteiger partial charge < -0.3 is 5.32 Å². The van der Waals surface area contributed by atoms with Gasteiger partial charge in [-0.25, -0.2) is 4.98 Å². The van der Waals surface area contributed by atoms with Crippen molar-refractivity contribution in [2.75, 3.05) is 13.1 Å². The smallest absolute Gasteiger partial charge is 0.140 e. The molecule has 21 heavy (non-hydrogen) atoms. The Kier molecular flexibility index (Phi) is 5.38. The molecule has 1 aliphatic heterocycles. The maximum absolute atomic E-state index is 4.42. The first-order valence-corrected chi connectivity index (χ1v) is 8.37. The van der Waals surface area contributed by atoms with Gasteiger partial charge in [0.25, 0.3) is 0 Å². The van der Waals surface area contributed by atoms with Crippen LogP contribution < -0.4 is 5.32 Å². The van der Waals surface area contributed by atoms with Gasteiger partial charge in [0.2, 0.25) is 0 Å². The Morgan fingerprint density at radius 3 is 2.62 bits per heavy atom. The molecule has 0 bridgehead atoms. The third-order valence-corrected chi connectivity index (χ3v) is 5.57. The second-order valence-electron chi connectivity index (χ2n) is 6.48. The van der Waals surface area contributed by atoms with Crippen molar-refractivity contribution >= 4 is 0 Å². The molecule has 0 radical (unpaired) electrons. The van der Waals surface area contributed by atoms with E-state index < -0.39 is 0 Å². The first-order valence-electron chi connectivity index (χ1n) is 8.37. The average molecular weight is 293 g/mol. The van der Waals surface area contributed by atoms with Crippen LogP contribution >= 0.6 is 0 Å². The summed E-state index contributed by atoms with van der Waals surface area (Å²) in [6.45, 7) is 12.3. The van der Waals surface area contributed by atoms with Crippen molar-refractivity contribution in [1.82, 2.24) is 25.0 Å². The molecule has 0 spiro atoms. The van der Waals surface area contributed by atoms with Crippen LogP contribution in [0, 0.1) is 5.92 Å². The molecule has 2 heterocycles. The van der Waals surface area contributed by atoms with E-state index in [1.807, 2.05) is 11.7 Å². The predicted molar refractivity (Wildman–Crippen MR) is 86.0 cm³/mol. The SMILES string of the molecule is CCC(C)C1CN(Cc2ncnn2C)C(CC)(CC)CN1. The van der Waals surface area contributed by atoms with Crippen LogP contribution in [0.4, 0.5) is 0 Å². The number of nitrogens with zero attached hydrogens (tertiary/aromatic N) is 4. The summed E-state index contributed by atoms with van der Waals surface area (Å²) in [5, 5.41) is 8.02. The third kappa shape index (κ3) is 3.29. The van der Waals surface area contributed by atoms with Gasteiger partial charge in [-0.05, 0) is 18.8 Å². The van der Waals surface area contributed by atoms with E-state index in [1.54, 1.807) is 6.33 Å². The van der Waals surface area contributed by atoms with E-state index in [-0.39, 0.29) is 5.54 Å². The van der Waals surface area contributed by atoms with Crippen LogP contribution in [-0.4, -0.2) is 44.3 Å². The summed E-state index contributed by atoms with van der Waals surface area (Å²) < 4.78 is 1.90. The summed E-state index contributed by atoms with van der Waals surface area (Å²) in [7, 11) is 1.98. The zero-order chi connectivity index (χ0) is 15.5. The molecule has 5 heteroatoms. The quantitative estimate of drug-likeness (QED) is 0.873. The third-order valence-electron chi connectivity index (χ3n) is 5.57. The van der Waals surface area contributed by atoms with Crippen molar-refractivity contribution in [1.29, 1.82) is 0 Å². The van der Waals surface area contributed by atoms with Gasteiger partial charge in [0.05, 0.1) is 6.54 Å². The van der Waals surface area contributed by atoms with Gasteiger partial charge in [-0.15, -0.1) is 0 Å². The number of hydrogen-bond donors (Lipinski definition) is 1. The van der Waals surface area contributed by atoms with Crippen LogP contribution in [0.3, 0.4) is 0 Å². The van der Waals surface area contributed by atoms with E-state index in [0.29, 0.717) is 12.0 Å². The molecule has 5 nitrogen and oxygen atoms in total. The van der Waals surface area contributed by atoms with Crippen molar-refractivity contribution in [2.45, 2.75) is 65.1 Å². The number of piperazine rings is 1. The summed E-state index contributed by atoms with van der Waals surface area (Å²) in [6, 6.07) is 0.578. The zero-order valence-electron chi connectivity index (χ0n) is 14.3. The Bertz CT molecular complexity index is 438. The summed E-state index contributed by atoms with van der Waals surface area (Å²) in [6.07, 6.45) is 5.22. The minimum atomic E-state index is 0.246. The van der Waals surface area contributed by atoms with E-state index in [4.69, 9.17) is 0 Å². The maximum atomic E-state index is 4.42. The highest BCUT2D eigenvalue weighted by Gasteiger charge is 2.40. The van der Waals surface area contributed by atoms with Crippen molar-refractivity contribution in [2.24, 2.45) is 13.0 Å². The Hall–Kier alpha value is -0.940. The van der Waals surface area contributed by atoms with Crippen molar-refractivity contribution in [3.63, 3.8) is 0 Å². The Morgan fingerprint density at radius 2 is 2.10 bits per heavy atom. The number of rotatable bonds is 6. The first-order chi connectivity index (χ1) is 10.1. The van der Waals surface area contributed by atoms with Crippen molar-refractivity contribution in [3.05, 3.63) is 12.2 Å². The van der Waals surface area contributed by atoms with Crippen molar-refractivity contribution < 1.29 is 0 Å². The van der Waals surface area contributed by atoms with Gasteiger partial charge in [0.15, 0.2) is 0 Å². The minimum absolute atomic E-state index is 0.246. The van der Waals surface area contributed by atoms with E-state index in [9.17, 15) is 0 Å². The molecule has 1 aromatic rings. The van der Waals surface area contributed by atoms with Crippen LogP contribution in [0.1, 0.15) is 52.8 Å². The van der Waals surface area contributed by atoms with Gasteiger partial charge in [0.1, 0.15) is 12.2 Å². The summed E-state index contributed by atoms with van der Waals surface area (Å²) in [5.74, 6) is 1.77. The highest BCUT2D eigenvalue weighted by molar-refractivity contribution is 5.00. The number of hydrogen-bond acceptors (Lipinski definition) is 4. The molecule has 1 N–H and O–H groups in total. The monoisotopic (exact) mass is 293 g/mol. The lowest BCUT2D eigenvalue weighted by Crippen LogP contribution is -2.65. The van der Waals surface area contributed by atoms with E-state index >= 15 is 0 Å². The average Bonchev–Trinajstić information content (AvgIpc) is 2.92. The molecule has 0 amide bonds. The minimum Gasteiger partial charge on any atom is -0.311 e. The van der Waals surface area contributed by atoms with Gasteiger partial charge in [0, 0.05) is 31.7 Å². The lowest BCUT2D eigenvalue weighted by atomic mass is 9.84. The van der Waals surface area contributed by atoms with Gasteiger partial charge >= 0.3 is 0 Å². The molecule has 2 atom stereocenters. The fourth-order valence-electron chi connectivity index (χ4n) is 3.41. The topological polar surface area (TPSA) is 46.0 Å². The molecule has 2 unspecified atom stereocenters. The van der Waals surface area contributed by atoms with E-state index in [2.05, 4.69) is 48.0 Å². The molecular weight excluding hydrogens is 262 g/mol. The molecule has 1 saturated heterocycles. The Balaban J connectivity index is 2.18. The summed E-state index contributed by atoms with van der Waals surface area (Å²) in [4.78, 5) is 7.07. The second kappa shape index (κ2) is 6.88. The number of nitrogens with one attached hydrogen (secondary N) is 1. The first kappa shape index (κ1) is 16.4. The zero-order valence-corrected chi connectivity index (χ0v) is 14.3. The summed E-state index contributed by atoms with van der Waals surface area (Å²) in [5.41, 5.74) is 0.246. The highest BCUT2D eigenvalue weighted by atomic mass is 15.4. The molecule has 120 valence electrons.